The third-order valence-electron chi connectivity index (χ3n) is 6.42. The molecule has 0 bridgehead atoms. The third kappa shape index (κ3) is 5.21. The number of hydrogen-bond acceptors (Lipinski definition) is 7. The highest BCUT2D eigenvalue weighted by molar-refractivity contribution is 6.32. The number of anilines is 2. The van der Waals surface area contributed by atoms with Crippen LogP contribution in [-0.2, 0) is 17.9 Å². The summed E-state index contributed by atoms with van der Waals surface area (Å²) in [5.74, 6) is 0.731. The molecule has 186 valence electrons. The molecule has 1 fully saturated rings. The summed E-state index contributed by atoms with van der Waals surface area (Å²) in [5, 5.41) is 9.46. The fraction of sp³-hybridized carbons (Fsp3) is 0.308. The fourth-order valence-electron chi connectivity index (χ4n) is 4.26. The quantitative estimate of drug-likeness (QED) is 0.349. The topological polar surface area (TPSA) is 126 Å². The van der Waals surface area contributed by atoms with E-state index in [0.717, 1.165) is 49.3 Å². The van der Waals surface area contributed by atoms with E-state index in [1.54, 1.807) is 24.3 Å². The molecular weight excluding hydrogens is 478 g/mol. The number of halogens is 1. The second-order valence-corrected chi connectivity index (χ2v) is 9.38. The number of benzene rings is 2. The van der Waals surface area contributed by atoms with Gasteiger partial charge in [0.05, 0.1) is 12.2 Å². The molecule has 5 N–H and O–H groups in total. The molecule has 0 spiro atoms. The number of aliphatic imine (C=N–C) groups is 1. The number of nitrogen functional groups attached to an aromatic ring is 1. The fourth-order valence-corrected chi connectivity index (χ4v) is 4.56. The zero-order valence-electron chi connectivity index (χ0n) is 19.8. The summed E-state index contributed by atoms with van der Waals surface area (Å²) < 4.78 is 1.37. The minimum atomic E-state index is -0.395. The Hall–Kier alpha value is -3.85. The van der Waals surface area contributed by atoms with Crippen molar-refractivity contribution < 1.29 is 4.79 Å². The first-order chi connectivity index (χ1) is 17.5. The molecule has 1 aliphatic carbocycles. The van der Waals surface area contributed by atoms with Gasteiger partial charge in [-0.3, -0.25) is 19.1 Å². The van der Waals surface area contributed by atoms with Gasteiger partial charge >= 0.3 is 0 Å². The summed E-state index contributed by atoms with van der Waals surface area (Å²) in [4.78, 5) is 35.1. The second kappa shape index (κ2) is 10.4. The van der Waals surface area contributed by atoms with Gasteiger partial charge in [0.1, 0.15) is 12.4 Å². The number of carbonyl (C=O) groups is 1. The summed E-state index contributed by atoms with van der Waals surface area (Å²) in [6.07, 6.45) is 3.05. The Morgan fingerprint density at radius 1 is 1.17 bits per heavy atom. The van der Waals surface area contributed by atoms with Crippen LogP contribution in [0.4, 0.5) is 11.5 Å². The van der Waals surface area contributed by atoms with Crippen molar-refractivity contribution in [2.75, 3.05) is 24.1 Å². The SMILES string of the molecule is Nc1cccc(-c2c(Cl)nc(NC3CCC3)c(=O)n2CC(=O)NCc2ccc(C3=NCCN3)cc2)c1. The van der Waals surface area contributed by atoms with Crippen molar-refractivity contribution in [3.63, 3.8) is 0 Å². The van der Waals surface area contributed by atoms with E-state index < -0.39 is 5.56 Å². The molecule has 0 saturated heterocycles. The van der Waals surface area contributed by atoms with Gasteiger partial charge in [0.15, 0.2) is 11.0 Å². The maximum Gasteiger partial charge on any atom is 0.294 e. The second-order valence-electron chi connectivity index (χ2n) is 9.02. The van der Waals surface area contributed by atoms with Gasteiger partial charge in [0, 0.05) is 35.9 Å². The zero-order chi connectivity index (χ0) is 25.1. The molecule has 2 aromatic carbocycles. The lowest BCUT2D eigenvalue weighted by atomic mass is 9.93. The molecule has 1 saturated carbocycles. The van der Waals surface area contributed by atoms with Crippen molar-refractivity contribution in [2.45, 2.75) is 38.4 Å². The lowest BCUT2D eigenvalue weighted by Gasteiger charge is -2.27. The van der Waals surface area contributed by atoms with E-state index in [-0.39, 0.29) is 29.5 Å². The molecule has 9 nitrogen and oxygen atoms in total. The predicted molar refractivity (Wildman–Crippen MR) is 142 cm³/mol. The van der Waals surface area contributed by atoms with Gasteiger partial charge in [0.2, 0.25) is 5.91 Å². The molecule has 0 atom stereocenters. The number of rotatable bonds is 8. The average Bonchev–Trinajstić information content (AvgIpc) is 3.38. The number of nitrogens with two attached hydrogens (primary N) is 1. The predicted octanol–water partition coefficient (Wildman–Crippen LogP) is 2.78. The summed E-state index contributed by atoms with van der Waals surface area (Å²) in [5.41, 5.74) is 9.02. The van der Waals surface area contributed by atoms with Crippen molar-refractivity contribution in [1.82, 2.24) is 20.2 Å². The van der Waals surface area contributed by atoms with E-state index in [9.17, 15) is 9.59 Å². The molecular formula is C26H28ClN7O2. The van der Waals surface area contributed by atoms with E-state index in [2.05, 4.69) is 25.9 Å². The summed E-state index contributed by atoms with van der Waals surface area (Å²) in [7, 11) is 0. The molecule has 5 rings (SSSR count). The van der Waals surface area contributed by atoms with Crippen molar-refractivity contribution in [2.24, 2.45) is 4.99 Å². The molecule has 1 aromatic heterocycles. The molecule has 2 heterocycles. The van der Waals surface area contributed by atoms with Gasteiger partial charge in [-0.15, -0.1) is 0 Å². The molecule has 0 radical (unpaired) electrons. The Kier molecular flexibility index (Phi) is 6.90. The van der Waals surface area contributed by atoms with Crippen molar-refractivity contribution >= 4 is 34.8 Å². The van der Waals surface area contributed by atoms with Crippen LogP contribution < -0.4 is 27.2 Å². The number of nitrogens with zero attached hydrogens (tertiary/aromatic N) is 3. The first-order valence-electron chi connectivity index (χ1n) is 12.0. The normalized spacial score (nSPS) is 15.1. The van der Waals surface area contributed by atoms with E-state index in [4.69, 9.17) is 17.3 Å². The van der Waals surface area contributed by atoms with Crippen LogP contribution in [0.25, 0.3) is 11.3 Å². The Labute approximate surface area is 213 Å². The number of aromatic nitrogens is 2. The maximum absolute atomic E-state index is 13.4. The Balaban J connectivity index is 1.36. The van der Waals surface area contributed by atoms with Gasteiger partial charge in [-0.05, 0) is 37.0 Å². The van der Waals surface area contributed by atoms with Crippen molar-refractivity contribution in [3.05, 3.63) is 75.2 Å². The van der Waals surface area contributed by atoms with Gasteiger partial charge in [-0.1, -0.05) is 48.0 Å². The highest BCUT2D eigenvalue weighted by atomic mass is 35.5. The number of nitrogens with one attached hydrogen (secondary N) is 3. The zero-order valence-corrected chi connectivity index (χ0v) is 20.5. The van der Waals surface area contributed by atoms with E-state index in [1.165, 1.54) is 4.57 Å². The number of amides is 1. The van der Waals surface area contributed by atoms with Crippen LogP contribution in [0.15, 0.2) is 58.3 Å². The van der Waals surface area contributed by atoms with Gasteiger partial charge < -0.3 is 21.7 Å². The summed E-state index contributed by atoms with van der Waals surface area (Å²) in [6, 6.07) is 15.1. The molecule has 36 heavy (non-hydrogen) atoms. The smallest absolute Gasteiger partial charge is 0.294 e. The van der Waals surface area contributed by atoms with Crippen LogP contribution in [0.5, 0.6) is 0 Å². The van der Waals surface area contributed by atoms with Crippen molar-refractivity contribution in [3.8, 4) is 11.3 Å². The molecule has 0 unspecified atom stereocenters. The highest BCUT2D eigenvalue weighted by Crippen LogP contribution is 2.29. The largest absolute Gasteiger partial charge is 0.399 e. The van der Waals surface area contributed by atoms with E-state index in [1.807, 2.05) is 24.3 Å². The molecule has 2 aliphatic rings. The van der Waals surface area contributed by atoms with E-state index in [0.29, 0.717) is 23.5 Å². The first-order valence-corrected chi connectivity index (χ1v) is 12.4. The summed E-state index contributed by atoms with van der Waals surface area (Å²) >= 11 is 6.56. The first kappa shape index (κ1) is 23.9. The Morgan fingerprint density at radius 3 is 2.64 bits per heavy atom. The third-order valence-corrected chi connectivity index (χ3v) is 6.69. The van der Waals surface area contributed by atoms with Crippen LogP contribution in [0.3, 0.4) is 0 Å². The van der Waals surface area contributed by atoms with Crippen LogP contribution in [0.1, 0.15) is 30.4 Å². The van der Waals surface area contributed by atoms with Crippen LogP contribution >= 0.6 is 11.6 Å². The lowest BCUT2D eigenvalue weighted by molar-refractivity contribution is -0.121. The lowest BCUT2D eigenvalue weighted by Crippen LogP contribution is -2.37. The van der Waals surface area contributed by atoms with E-state index >= 15 is 0 Å². The van der Waals surface area contributed by atoms with Crippen molar-refractivity contribution in [1.29, 1.82) is 0 Å². The number of carbonyl (C=O) groups excluding carboxylic acids is 1. The van der Waals surface area contributed by atoms with Crippen LogP contribution in [-0.4, -0.2) is 40.4 Å². The molecule has 1 amide bonds. The Bertz CT molecular complexity index is 1360. The molecule has 10 heteroatoms. The van der Waals surface area contributed by atoms with Crippen LogP contribution in [0, 0.1) is 0 Å². The number of amidine groups is 1. The van der Waals surface area contributed by atoms with Gasteiger partial charge in [0.25, 0.3) is 5.56 Å². The Morgan fingerprint density at radius 2 is 1.97 bits per heavy atom. The molecule has 1 aliphatic heterocycles. The van der Waals surface area contributed by atoms with Crippen LogP contribution in [0.2, 0.25) is 5.15 Å². The molecule has 3 aromatic rings. The minimum Gasteiger partial charge on any atom is -0.399 e. The minimum absolute atomic E-state index is 0.133. The monoisotopic (exact) mass is 505 g/mol. The maximum atomic E-state index is 13.4. The van der Waals surface area contributed by atoms with Gasteiger partial charge in [-0.25, -0.2) is 4.98 Å². The van der Waals surface area contributed by atoms with Gasteiger partial charge in [-0.2, -0.15) is 0 Å². The number of hydrogen-bond donors (Lipinski definition) is 4. The summed E-state index contributed by atoms with van der Waals surface area (Å²) in [6.45, 7) is 1.75. The highest BCUT2D eigenvalue weighted by Gasteiger charge is 2.23. The standard InChI is InChI=1S/C26H28ClN7O2/c27-23-22(18-3-1-4-19(28)13-18)34(26(36)25(33-23)32-20-5-2-6-20)15-21(35)31-14-16-7-9-17(10-8-16)24-29-11-12-30-24/h1,3-4,7-10,13,20H,2,5-6,11-12,14-15,28H2,(H,29,30)(H,31,35)(H,32,33). The average molecular weight is 506 g/mol.